The first-order valence-corrected chi connectivity index (χ1v) is 10.2. The highest BCUT2D eigenvalue weighted by molar-refractivity contribution is 7.18. The van der Waals surface area contributed by atoms with Crippen molar-refractivity contribution < 1.29 is 8.78 Å². The Morgan fingerprint density at radius 1 is 1.31 bits per heavy atom. The van der Waals surface area contributed by atoms with Crippen LogP contribution in [0.3, 0.4) is 0 Å². The summed E-state index contributed by atoms with van der Waals surface area (Å²) in [6.45, 7) is 3.61. The third kappa shape index (κ3) is 2.74. The van der Waals surface area contributed by atoms with E-state index in [4.69, 9.17) is 0 Å². The maximum Gasteiger partial charge on any atom is 0.343 e. The summed E-state index contributed by atoms with van der Waals surface area (Å²) in [5, 5.41) is 4.30. The minimum atomic E-state index is -2.77. The van der Waals surface area contributed by atoms with E-state index in [2.05, 4.69) is 10.1 Å². The van der Waals surface area contributed by atoms with Crippen molar-refractivity contribution in [1.29, 1.82) is 0 Å². The zero-order chi connectivity index (χ0) is 20.7. The van der Waals surface area contributed by atoms with Crippen LogP contribution in [0.25, 0.3) is 10.2 Å². The number of alkyl halides is 2. The van der Waals surface area contributed by atoms with Crippen molar-refractivity contribution in [2.75, 3.05) is 0 Å². The van der Waals surface area contributed by atoms with Crippen LogP contribution in [0.2, 0.25) is 0 Å². The average Bonchev–Trinajstić information content (AvgIpc) is 3.40. The minimum absolute atomic E-state index is 0.125. The summed E-state index contributed by atoms with van der Waals surface area (Å²) in [6.07, 6.45) is 2.42. The summed E-state index contributed by atoms with van der Waals surface area (Å²) in [7, 11) is 0. The van der Waals surface area contributed by atoms with E-state index in [0.717, 1.165) is 0 Å². The van der Waals surface area contributed by atoms with Crippen molar-refractivity contribution in [3.05, 3.63) is 48.1 Å². The molecular formula is C18H19F2N5O3S. The Hall–Kier alpha value is -2.56. The number of rotatable bonds is 5. The molecule has 2 fully saturated rings. The Morgan fingerprint density at radius 3 is 2.55 bits per heavy atom. The van der Waals surface area contributed by atoms with E-state index in [1.807, 2.05) is 6.92 Å². The van der Waals surface area contributed by atoms with Crippen LogP contribution in [0.15, 0.2) is 20.7 Å². The van der Waals surface area contributed by atoms with Crippen molar-refractivity contribution >= 4 is 21.6 Å². The quantitative estimate of drug-likeness (QED) is 0.675. The molecule has 29 heavy (non-hydrogen) atoms. The van der Waals surface area contributed by atoms with Crippen molar-refractivity contribution in [1.82, 2.24) is 23.9 Å². The SMILES string of the molecule is Cc1c(Cn2nc[nH]c2=O)sc2c1c(=O)n(C1(C)CC1)c(=O)n2CC1CC1(F)F. The number of aryl methyl sites for hydroxylation is 1. The number of aromatic amines is 1. The molecule has 1 unspecified atom stereocenters. The van der Waals surface area contributed by atoms with E-state index in [1.54, 1.807) is 6.92 Å². The smallest absolute Gasteiger partial charge is 0.295 e. The molecule has 2 aliphatic rings. The van der Waals surface area contributed by atoms with Crippen LogP contribution in [0.1, 0.15) is 36.6 Å². The first-order chi connectivity index (χ1) is 13.6. The van der Waals surface area contributed by atoms with Gasteiger partial charge in [0.2, 0.25) is 0 Å². The fraction of sp³-hybridized carbons (Fsp3) is 0.556. The molecule has 0 aliphatic heterocycles. The molecule has 0 spiro atoms. The summed E-state index contributed by atoms with van der Waals surface area (Å²) < 4.78 is 31.0. The highest BCUT2D eigenvalue weighted by Crippen LogP contribution is 2.50. The fourth-order valence-electron chi connectivity index (χ4n) is 3.80. The Balaban J connectivity index is 1.74. The lowest BCUT2D eigenvalue weighted by molar-refractivity contribution is 0.0950. The molecule has 0 aromatic carbocycles. The highest BCUT2D eigenvalue weighted by atomic mass is 32.1. The van der Waals surface area contributed by atoms with Crippen molar-refractivity contribution in [3.63, 3.8) is 0 Å². The van der Waals surface area contributed by atoms with Crippen LogP contribution < -0.4 is 16.9 Å². The number of hydrogen-bond acceptors (Lipinski definition) is 5. The van der Waals surface area contributed by atoms with Gasteiger partial charge < -0.3 is 0 Å². The van der Waals surface area contributed by atoms with Crippen molar-refractivity contribution in [2.24, 2.45) is 5.92 Å². The maximum absolute atomic E-state index is 13.6. The molecule has 0 radical (unpaired) electrons. The Labute approximate surface area is 166 Å². The number of H-pyrrole nitrogens is 1. The lowest BCUT2D eigenvalue weighted by Gasteiger charge is -2.16. The molecule has 2 aliphatic carbocycles. The van der Waals surface area contributed by atoms with Crippen LogP contribution in [-0.4, -0.2) is 29.8 Å². The molecule has 5 rings (SSSR count). The summed E-state index contributed by atoms with van der Waals surface area (Å²) in [5.41, 5.74) is -1.23. The number of aromatic nitrogens is 5. The minimum Gasteiger partial charge on any atom is -0.295 e. The number of nitrogens with zero attached hydrogens (tertiary/aromatic N) is 4. The monoisotopic (exact) mass is 423 g/mol. The Kier molecular flexibility index (Phi) is 3.66. The van der Waals surface area contributed by atoms with Gasteiger partial charge in [-0.05, 0) is 32.3 Å². The third-order valence-electron chi connectivity index (χ3n) is 6.10. The lowest BCUT2D eigenvalue weighted by Crippen LogP contribution is -2.44. The van der Waals surface area contributed by atoms with E-state index in [9.17, 15) is 23.2 Å². The van der Waals surface area contributed by atoms with E-state index < -0.39 is 28.6 Å². The molecule has 0 amide bonds. The van der Waals surface area contributed by atoms with Crippen LogP contribution in [0.5, 0.6) is 0 Å². The molecule has 3 aromatic rings. The topological polar surface area (TPSA) is 94.7 Å². The molecule has 0 bridgehead atoms. The first kappa shape index (κ1) is 18.5. The zero-order valence-corrected chi connectivity index (χ0v) is 16.7. The van der Waals surface area contributed by atoms with Gasteiger partial charge in [0.05, 0.1) is 17.5 Å². The zero-order valence-electron chi connectivity index (χ0n) is 15.9. The predicted molar refractivity (Wildman–Crippen MR) is 103 cm³/mol. The van der Waals surface area contributed by atoms with Gasteiger partial charge in [-0.25, -0.2) is 23.1 Å². The molecular weight excluding hydrogens is 404 g/mol. The van der Waals surface area contributed by atoms with Gasteiger partial charge in [0, 0.05) is 23.8 Å². The molecule has 0 saturated heterocycles. The van der Waals surface area contributed by atoms with Gasteiger partial charge >= 0.3 is 11.4 Å². The van der Waals surface area contributed by atoms with Gasteiger partial charge in [0.15, 0.2) is 0 Å². The van der Waals surface area contributed by atoms with Gasteiger partial charge in [-0.15, -0.1) is 11.3 Å². The van der Waals surface area contributed by atoms with Gasteiger partial charge in [-0.3, -0.25) is 18.9 Å². The maximum atomic E-state index is 13.6. The summed E-state index contributed by atoms with van der Waals surface area (Å²) in [4.78, 5) is 41.7. The normalized spacial score (nSPS) is 21.6. The van der Waals surface area contributed by atoms with E-state index >= 15 is 0 Å². The third-order valence-corrected chi connectivity index (χ3v) is 7.40. The number of halogens is 2. The van der Waals surface area contributed by atoms with Gasteiger partial charge in [0.25, 0.3) is 11.5 Å². The largest absolute Gasteiger partial charge is 0.343 e. The van der Waals surface area contributed by atoms with E-state index in [1.165, 1.54) is 31.5 Å². The second kappa shape index (κ2) is 5.74. The molecule has 2 saturated carbocycles. The van der Waals surface area contributed by atoms with Crippen molar-refractivity contribution in [3.8, 4) is 0 Å². The predicted octanol–water partition coefficient (Wildman–Crippen LogP) is 1.63. The van der Waals surface area contributed by atoms with Crippen molar-refractivity contribution in [2.45, 2.75) is 57.7 Å². The fourth-order valence-corrected chi connectivity index (χ4v) is 5.08. The highest BCUT2D eigenvalue weighted by Gasteiger charge is 2.57. The first-order valence-electron chi connectivity index (χ1n) is 9.39. The molecule has 1 atom stereocenters. The van der Waals surface area contributed by atoms with E-state index in [-0.39, 0.29) is 25.2 Å². The van der Waals surface area contributed by atoms with Crippen LogP contribution >= 0.6 is 11.3 Å². The number of thiophene rings is 1. The van der Waals surface area contributed by atoms with Gasteiger partial charge in [0.1, 0.15) is 11.2 Å². The second-order valence-corrected chi connectivity index (χ2v) is 9.36. The Bertz CT molecular complexity index is 1320. The standard InChI is InChI=1S/C18H19F2N5O3S/c1-9-11(7-24-15(27)21-8-22-24)29-14-12(9)13(26)25(17(2)3-4-17)16(28)23(14)6-10-5-18(10,19)20/h8,10H,3-7H2,1-2H3,(H,21,22,27). The second-order valence-electron chi connectivity index (χ2n) is 8.27. The molecule has 3 aromatic heterocycles. The number of fused-ring (bicyclic) bond motifs is 1. The Morgan fingerprint density at radius 2 is 2.00 bits per heavy atom. The van der Waals surface area contributed by atoms with Crippen LogP contribution in [0, 0.1) is 12.8 Å². The van der Waals surface area contributed by atoms with E-state index in [0.29, 0.717) is 33.5 Å². The number of hydrogen-bond donors (Lipinski definition) is 1. The molecule has 8 nitrogen and oxygen atoms in total. The molecule has 1 N–H and O–H groups in total. The molecule has 154 valence electrons. The molecule has 11 heteroatoms. The summed E-state index contributed by atoms with van der Waals surface area (Å²) in [5.74, 6) is -3.67. The average molecular weight is 423 g/mol. The number of nitrogens with one attached hydrogen (secondary N) is 1. The van der Waals surface area contributed by atoms with Gasteiger partial charge in [-0.1, -0.05) is 0 Å². The summed E-state index contributed by atoms with van der Waals surface area (Å²) >= 11 is 1.19. The summed E-state index contributed by atoms with van der Waals surface area (Å²) in [6, 6.07) is 0. The van der Waals surface area contributed by atoms with Crippen LogP contribution in [0.4, 0.5) is 8.78 Å². The van der Waals surface area contributed by atoms with Gasteiger partial charge in [-0.2, -0.15) is 5.10 Å². The molecule has 3 heterocycles. The lowest BCUT2D eigenvalue weighted by atomic mass is 10.2. The van der Waals surface area contributed by atoms with Crippen LogP contribution in [-0.2, 0) is 18.6 Å².